The Bertz CT molecular complexity index is 1100. The molecular formula is C48H91NO13. The van der Waals surface area contributed by atoms with Crippen molar-refractivity contribution in [3.63, 3.8) is 0 Å². The number of allylic oxidation sites excluding steroid dienone is 2. The van der Waals surface area contributed by atoms with E-state index in [1.165, 1.54) is 89.9 Å². The summed E-state index contributed by atoms with van der Waals surface area (Å²) >= 11 is 0. The molecule has 9 N–H and O–H groups in total. The predicted molar refractivity (Wildman–Crippen MR) is 240 cm³/mol. The zero-order valence-electron chi connectivity index (χ0n) is 38.6. The van der Waals surface area contributed by atoms with Gasteiger partial charge in [-0.15, -0.1) is 0 Å². The Labute approximate surface area is 374 Å². The van der Waals surface area contributed by atoms with Crippen molar-refractivity contribution >= 4 is 5.91 Å². The lowest BCUT2D eigenvalue weighted by Gasteiger charge is -2.46. The summed E-state index contributed by atoms with van der Waals surface area (Å²) in [5.41, 5.74) is 0. The largest absolute Gasteiger partial charge is 0.394 e. The van der Waals surface area contributed by atoms with E-state index >= 15 is 0 Å². The molecule has 0 bridgehead atoms. The minimum atomic E-state index is -1.78. The highest BCUT2D eigenvalue weighted by molar-refractivity contribution is 5.76. The van der Waals surface area contributed by atoms with Gasteiger partial charge >= 0.3 is 0 Å². The zero-order valence-corrected chi connectivity index (χ0v) is 38.6. The third-order valence-corrected chi connectivity index (χ3v) is 12.5. The molecule has 0 spiro atoms. The lowest BCUT2D eigenvalue weighted by Crippen LogP contribution is -2.65. The van der Waals surface area contributed by atoms with Crippen LogP contribution in [0, 0.1) is 0 Å². The van der Waals surface area contributed by atoms with E-state index in [1.807, 2.05) is 0 Å². The molecule has 14 heteroatoms. The second kappa shape index (κ2) is 35.9. The van der Waals surface area contributed by atoms with Crippen molar-refractivity contribution in [1.29, 1.82) is 0 Å². The quantitative estimate of drug-likeness (QED) is 0.0257. The number of hydrogen-bond donors (Lipinski definition) is 9. The summed E-state index contributed by atoms with van der Waals surface area (Å²) in [6.45, 7) is 2.78. The maximum Gasteiger partial charge on any atom is 0.220 e. The Morgan fingerprint density at radius 3 is 1.60 bits per heavy atom. The van der Waals surface area contributed by atoms with Crippen molar-refractivity contribution in [2.45, 2.75) is 267 Å². The number of rotatable bonds is 38. The van der Waals surface area contributed by atoms with Gasteiger partial charge in [-0.2, -0.15) is 0 Å². The molecule has 62 heavy (non-hydrogen) atoms. The summed E-state index contributed by atoms with van der Waals surface area (Å²) in [5, 5.41) is 86.7. The van der Waals surface area contributed by atoms with Crippen LogP contribution >= 0.6 is 0 Å². The first kappa shape index (κ1) is 56.9. The second-order valence-corrected chi connectivity index (χ2v) is 17.9. The molecular weight excluding hydrogens is 799 g/mol. The van der Waals surface area contributed by atoms with Crippen LogP contribution in [0.2, 0.25) is 0 Å². The molecule has 1 amide bonds. The first-order valence-corrected chi connectivity index (χ1v) is 24.9. The lowest BCUT2D eigenvalue weighted by molar-refractivity contribution is -0.359. The van der Waals surface area contributed by atoms with Gasteiger partial charge in [0, 0.05) is 6.42 Å². The molecule has 0 aromatic heterocycles. The van der Waals surface area contributed by atoms with Gasteiger partial charge in [-0.3, -0.25) is 4.79 Å². The molecule has 2 aliphatic heterocycles. The molecule has 0 radical (unpaired) electrons. The first-order chi connectivity index (χ1) is 30.1. The second-order valence-electron chi connectivity index (χ2n) is 17.9. The number of carbonyl (C=O) groups is 1. The Morgan fingerprint density at radius 1 is 0.565 bits per heavy atom. The molecule has 0 aliphatic carbocycles. The van der Waals surface area contributed by atoms with Gasteiger partial charge in [-0.1, -0.05) is 167 Å². The third kappa shape index (κ3) is 23.3. The fraction of sp³-hybridized carbons (Fsp3) is 0.938. The number of hydrogen-bond acceptors (Lipinski definition) is 13. The van der Waals surface area contributed by atoms with E-state index < -0.39 is 86.8 Å². The van der Waals surface area contributed by atoms with Crippen LogP contribution in [0.25, 0.3) is 0 Å². The van der Waals surface area contributed by atoms with Gasteiger partial charge in [0.25, 0.3) is 0 Å². The van der Waals surface area contributed by atoms with Gasteiger partial charge in [0.1, 0.15) is 48.8 Å². The van der Waals surface area contributed by atoms with Crippen molar-refractivity contribution in [2.24, 2.45) is 0 Å². The highest BCUT2D eigenvalue weighted by Gasteiger charge is 2.51. The van der Waals surface area contributed by atoms with Crippen LogP contribution in [0.1, 0.15) is 194 Å². The Kier molecular flexibility index (Phi) is 32.9. The van der Waals surface area contributed by atoms with Crippen molar-refractivity contribution in [2.75, 3.05) is 19.8 Å². The summed E-state index contributed by atoms with van der Waals surface area (Å²) in [7, 11) is 0. The van der Waals surface area contributed by atoms with E-state index in [2.05, 4.69) is 31.3 Å². The van der Waals surface area contributed by atoms with Crippen LogP contribution in [-0.2, 0) is 23.7 Å². The Balaban J connectivity index is 1.82. The van der Waals surface area contributed by atoms with Gasteiger partial charge in [-0.25, -0.2) is 0 Å². The van der Waals surface area contributed by atoms with Crippen LogP contribution in [0.5, 0.6) is 0 Å². The highest BCUT2D eigenvalue weighted by atomic mass is 16.7. The summed E-state index contributed by atoms with van der Waals surface area (Å²) < 4.78 is 22.7. The molecule has 12 unspecified atom stereocenters. The van der Waals surface area contributed by atoms with Crippen molar-refractivity contribution in [3.8, 4) is 0 Å². The summed E-state index contributed by atoms with van der Waals surface area (Å²) in [4.78, 5) is 13.1. The number of unbranched alkanes of at least 4 members (excludes halogenated alkanes) is 23. The molecule has 366 valence electrons. The van der Waals surface area contributed by atoms with Crippen LogP contribution in [0.3, 0.4) is 0 Å². The number of carbonyl (C=O) groups excluding carboxylic acids is 1. The number of amides is 1. The van der Waals surface area contributed by atoms with Crippen molar-refractivity contribution in [1.82, 2.24) is 5.32 Å². The monoisotopic (exact) mass is 890 g/mol. The fourth-order valence-electron chi connectivity index (χ4n) is 8.36. The maximum absolute atomic E-state index is 13.1. The summed E-state index contributed by atoms with van der Waals surface area (Å²) in [6.07, 6.45) is 19.4. The molecule has 2 heterocycles. The standard InChI is InChI=1S/C48H91NO13/c1-3-5-7-9-11-13-15-16-17-18-19-20-21-22-23-25-27-29-31-37(52)36(49-40(53)32-30-28-26-24-14-12-10-8-6-4-2)35-59-47-45(58)43(56)46(39(34-51)61-47)62-48-44(57)42(55)41(54)38(33-50)60-48/h8,10,36-39,41-48,50-52,54-58H,3-7,9,11-35H2,1-2H3,(H,49,53)/b10-8-. The van der Waals surface area contributed by atoms with E-state index in [0.29, 0.717) is 19.3 Å². The minimum absolute atomic E-state index is 0.218. The average Bonchev–Trinajstić information content (AvgIpc) is 3.27. The van der Waals surface area contributed by atoms with Crippen molar-refractivity contribution in [3.05, 3.63) is 12.2 Å². The van der Waals surface area contributed by atoms with Crippen molar-refractivity contribution < 1.29 is 64.6 Å². The van der Waals surface area contributed by atoms with Gasteiger partial charge < -0.3 is 65.1 Å². The SMILES string of the molecule is CCC/C=C\CCCCCCCC(=O)NC(COC1OC(CO)C(OC2OC(CO)C(O)C(O)C2O)C(O)C1O)C(O)CCCCCCCCCCCCCCCCCCCC. The Hall–Kier alpha value is -1.27. The molecule has 12 atom stereocenters. The smallest absolute Gasteiger partial charge is 0.220 e. The number of ether oxygens (including phenoxy) is 4. The number of aliphatic hydroxyl groups excluding tert-OH is 8. The highest BCUT2D eigenvalue weighted by Crippen LogP contribution is 2.30. The van der Waals surface area contributed by atoms with Gasteiger partial charge in [0.15, 0.2) is 12.6 Å². The zero-order chi connectivity index (χ0) is 45.4. The number of nitrogens with one attached hydrogen (secondary N) is 1. The molecule has 14 nitrogen and oxygen atoms in total. The number of aliphatic hydroxyl groups is 8. The van der Waals surface area contributed by atoms with Gasteiger partial charge in [0.2, 0.25) is 5.91 Å². The van der Waals surface area contributed by atoms with Gasteiger partial charge in [0.05, 0.1) is 32.0 Å². The Morgan fingerprint density at radius 2 is 1.05 bits per heavy atom. The fourth-order valence-corrected chi connectivity index (χ4v) is 8.36. The average molecular weight is 890 g/mol. The van der Waals surface area contributed by atoms with Crippen LogP contribution < -0.4 is 5.32 Å². The predicted octanol–water partition coefficient (Wildman–Crippen LogP) is 5.99. The topological polar surface area (TPSA) is 228 Å². The normalized spacial score (nSPS) is 27.8. The molecule has 0 aromatic rings. The molecule has 2 rings (SSSR count). The van der Waals surface area contributed by atoms with E-state index in [-0.39, 0.29) is 12.5 Å². The van der Waals surface area contributed by atoms with Crippen LogP contribution in [0.4, 0.5) is 0 Å². The summed E-state index contributed by atoms with van der Waals surface area (Å²) in [5.74, 6) is -0.218. The minimum Gasteiger partial charge on any atom is -0.394 e. The maximum atomic E-state index is 13.1. The molecule has 0 aromatic carbocycles. The molecule has 0 saturated carbocycles. The molecule has 2 saturated heterocycles. The lowest BCUT2D eigenvalue weighted by atomic mass is 9.97. The van der Waals surface area contributed by atoms with E-state index in [0.717, 1.165) is 70.6 Å². The molecule has 2 fully saturated rings. The van der Waals surface area contributed by atoms with Crippen LogP contribution in [-0.4, -0.2) is 140 Å². The third-order valence-electron chi connectivity index (χ3n) is 12.5. The first-order valence-electron chi connectivity index (χ1n) is 24.9. The van der Waals surface area contributed by atoms with E-state index in [4.69, 9.17) is 18.9 Å². The van der Waals surface area contributed by atoms with E-state index in [9.17, 15) is 45.6 Å². The van der Waals surface area contributed by atoms with Crippen LogP contribution in [0.15, 0.2) is 12.2 Å². The van der Waals surface area contributed by atoms with E-state index in [1.54, 1.807) is 0 Å². The molecule has 2 aliphatic rings. The van der Waals surface area contributed by atoms with Gasteiger partial charge in [-0.05, 0) is 32.1 Å². The summed E-state index contributed by atoms with van der Waals surface area (Å²) in [6, 6.07) is -0.827.